The van der Waals surface area contributed by atoms with Crippen LogP contribution in [0.4, 0.5) is 18.0 Å². The number of amides is 1. The van der Waals surface area contributed by atoms with E-state index in [0.717, 1.165) is 4.57 Å². The van der Waals surface area contributed by atoms with Gasteiger partial charge in [0.25, 0.3) is 0 Å². The van der Waals surface area contributed by atoms with Crippen molar-refractivity contribution in [2.75, 3.05) is 6.54 Å². The van der Waals surface area contributed by atoms with Crippen molar-refractivity contribution in [2.24, 2.45) is 0 Å². The number of hydrogen-bond acceptors (Lipinski definition) is 4. The highest BCUT2D eigenvalue weighted by Gasteiger charge is 2.40. The minimum absolute atomic E-state index is 0.00355. The summed E-state index contributed by atoms with van der Waals surface area (Å²) in [6, 6.07) is 0. The van der Waals surface area contributed by atoms with E-state index < -0.39 is 23.7 Å². The van der Waals surface area contributed by atoms with E-state index in [1.165, 1.54) is 4.90 Å². The van der Waals surface area contributed by atoms with Crippen molar-refractivity contribution in [3.63, 3.8) is 0 Å². The number of rotatable bonds is 0. The van der Waals surface area contributed by atoms with Crippen molar-refractivity contribution in [1.29, 1.82) is 0 Å². The van der Waals surface area contributed by atoms with Crippen molar-refractivity contribution >= 4 is 6.09 Å². The van der Waals surface area contributed by atoms with E-state index in [-0.39, 0.29) is 25.5 Å². The van der Waals surface area contributed by atoms with Gasteiger partial charge in [0, 0.05) is 13.1 Å². The Morgan fingerprint density at radius 3 is 2.40 bits per heavy atom. The molecule has 0 fully saturated rings. The smallest absolute Gasteiger partial charge is 0.444 e. The van der Waals surface area contributed by atoms with Crippen LogP contribution < -0.4 is 0 Å². The van der Waals surface area contributed by atoms with Crippen molar-refractivity contribution in [3.05, 3.63) is 11.6 Å². The number of aromatic nitrogens is 3. The van der Waals surface area contributed by atoms with Gasteiger partial charge in [0.05, 0.1) is 6.54 Å². The number of carbonyl (C=O) groups is 1. The molecule has 9 heteroatoms. The van der Waals surface area contributed by atoms with Gasteiger partial charge < -0.3 is 9.30 Å². The van der Waals surface area contributed by atoms with Crippen LogP contribution in [0, 0.1) is 0 Å². The summed E-state index contributed by atoms with van der Waals surface area (Å²) in [5.41, 5.74) is -0.653. The molecule has 0 aromatic carbocycles. The molecule has 2 heterocycles. The third kappa shape index (κ3) is 3.02. The van der Waals surface area contributed by atoms with Crippen LogP contribution in [0.1, 0.15) is 32.4 Å². The summed E-state index contributed by atoms with van der Waals surface area (Å²) in [6.07, 6.45) is -5.11. The molecule has 1 amide bonds. The van der Waals surface area contributed by atoms with Crippen molar-refractivity contribution in [3.8, 4) is 0 Å². The summed E-state index contributed by atoms with van der Waals surface area (Å²) < 4.78 is 44.1. The number of fused-ring (bicyclic) bond motifs is 1. The monoisotopic (exact) mass is 292 g/mol. The highest BCUT2D eigenvalue weighted by Crippen LogP contribution is 2.29. The molecule has 0 saturated carbocycles. The summed E-state index contributed by atoms with van der Waals surface area (Å²) in [4.78, 5) is 13.2. The molecule has 0 unspecified atom stereocenters. The standard InChI is InChI=1S/C11H15F3N4O2/c1-10(2,3)20-9(19)17-4-5-18-7(6-17)15-16-8(18)11(12,13)14/h4-6H2,1-3H3. The lowest BCUT2D eigenvalue weighted by molar-refractivity contribution is -0.147. The first-order chi connectivity index (χ1) is 9.08. The van der Waals surface area contributed by atoms with Gasteiger partial charge in [-0.05, 0) is 20.8 Å². The van der Waals surface area contributed by atoms with Gasteiger partial charge in [-0.2, -0.15) is 13.2 Å². The van der Waals surface area contributed by atoms with Gasteiger partial charge in [-0.3, -0.25) is 4.90 Å². The zero-order valence-electron chi connectivity index (χ0n) is 11.4. The molecule has 0 radical (unpaired) electrons. The Morgan fingerprint density at radius 2 is 1.85 bits per heavy atom. The molecule has 1 aromatic heterocycles. The van der Waals surface area contributed by atoms with Crippen molar-refractivity contribution in [2.45, 2.75) is 45.6 Å². The molecule has 0 saturated heterocycles. The largest absolute Gasteiger partial charge is 0.451 e. The summed E-state index contributed by atoms with van der Waals surface area (Å²) in [5, 5.41) is 6.64. The Kier molecular flexibility index (Phi) is 3.39. The lowest BCUT2D eigenvalue weighted by atomic mass is 10.2. The first kappa shape index (κ1) is 14.6. The normalized spacial score (nSPS) is 16.0. The quantitative estimate of drug-likeness (QED) is 0.734. The average molecular weight is 292 g/mol. The Hall–Kier alpha value is -1.80. The second-order valence-electron chi connectivity index (χ2n) is 5.49. The molecule has 0 atom stereocenters. The van der Waals surface area contributed by atoms with E-state index in [1.54, 1.807) is 20.8 Å². The number of nitrogens with zero attached hydrogens (tertiary/aromatic N) is 4. The van der Waals surface area contributed by atoms with Crippen LogP contribution in [0.5, 0.6) is 0 Å². The lowest BCUT2D eigenvalue weighted by Gasteiger charge is -2.30. The fourth-order valence-electron chi connectivity index (χ4n) is 1.85. The van der Waals surface area contributed by atoms with E-state index in [1.807, 2.05) is 0 Å². The number of carbonyl (C=O) groups excluding carboxylic acids is 1. The molecule has 1 aromatic rings. The number of alkyl halides is 3. The minimum Gasteiger partial charge on any atom is -0.444 e. The van der Waals surface area contributed by atoms with Crippen LogP contribution in [0.25, 0.3) is 0 Å². The SMILES string of the molecule is CC(C)(C)OC(=O)N1CCn2c(nnc2C(F)(F)F)C1. The van der Waals surface area contributed by atoms with Gasteiger partial charge in [0.2, 0.25) is 5.82 Å². The van der Waals surface area contributed by atoms with E-state index in [0.29, 0.717) is 0 Å². The fourth-order valence-corrected chi connectivity index (χ4v) is 1.85. The van der Waals surface area contributed by atoms with E-state index in [9.17, 15) is 18.0 Å². The Bertz CT molecular complexity index is 519. The molecular weight excluding hydrogens is 277 g/mol. The first-order valence-corrected chi connectivity index (χ1v) is 6.05. The summed E-state index contributed by atoms with van der Waals surface area (Å²) >= 11 is 0. The Balaban J connectivity index is 2.13. The maximum absolute atomic E-state index is 12.7. The van der Waals surface area contributed by atoms with Gasteiger partial charge in [-0.25, -0.2) is 4.79 Å². The first-order valence-electron chi connectivity index (χ1n) is 6.05. The maximum atomic E-state index is 12.7. The van der Waals surface area contributed by atoms with Crippen LogP contribution in [-0.4, -0.2) is 37.9 Å². The number of halogens is 3. The van der Waals surface area contributed by atoms with Crippen LogP contribution >= 0.6 is 0 Å². The number of ether oxygens (including phenoxy) is 1. The van der Waals surface area contributed by atoms with E-state index in [2.05, 4.69) is 10.2 Å². The van der Waals surface area contributed by atoms with Crippen LogP contribution in [0.2, 0.25) is 0 Å². The molecule has 6 nitrogen and oxygen atoms in total. The van der Waals surface area contributed by atoms with Crippen molar-refractivity contribution in [1.82, 2.24) is 19.7 Å². The summed E-state index contributed by atoms with van der Waals surface area (Å²) in [7, 11) is 0. The van der Waals surface area contributed by atoms with Crippen LogP contribution in [0.3, 0.4) is 0 Å². The maximum Gasteiger partial charge on any atom is 0.451 e. The van der Waals surface area contributed by atoms with Crippen LogP contribution in [-0.2, 0) is 24.0 Å². The third-order valence-electron chi connectivity index (χ3n) is 2.66. The topological polar surface area (TPSA) is 60.2 Å². The fraction of sp³-hybridized carbons (Fsp3) is 0.727. The predicted molar refractivity (Wildman–Crippen MR) is 61.7 cm³/mol. The summed E-state index contributed by atoms with van der Waals surface area (Å²) in [5.74, 6) is -0.925. The second kappa shape index (κ2) is 4.64. The van der Waals surface area contributed by atoms with Gasteiger partial charge in [-0.1, -0.05) is 0 Å². The van der Waals surface area contributed by atoms with Crippen LogP contribution in [0.15, 0.2) is 0 Å². The molecular formula is C11H15F3N4O2. The van der Waals surface area contributed by atoms with Gasteiger partial charge in [-0.15, -0.1) is 10.2 Å². The highest BCUT2D eigenvalue weighted by atomic mass is 19.4. The van der Waals surface area contributed by atoms with Gasteiger partial charge in [0.1, 0.15) is 5.60 Å². The molecule has 0 spiro atoms. The van der Waals surface area contributed by atoms with Crippen molar-refractivity contribution < 1.29 is 22.7 Å². The average Bonchev–Trinajstić information content (AvgIpc) is 2.68. The molecule has 0 aliphatic carbocycles. The minimum atomic E-state index is -4.54. The summed E-state index contributed by atoms with van der Waals surface area (Å²) in [6.45, 7) is 5.24. The molecule has 112 valence electrons. The Morgan fingerprint density at radius 1 is 1.20 bits per heavy atom. The third-order valence-corrected chi connectivity index (χ3v) is 2.66. The van der Waals surface area contributed by atoms with E-state index in [4.69, 9.17) is 4.74 Å². The zero-order valence-corrected chi connectivity index (χ0v) is 11.4. The molecule has 2 rings (SSSR count). The molecule has 1 aliphatic rings. The predicted octanol–water partition coefficient (Wildman–Crippen LogP) is 2.05. The molecule has 0 bridgehead atoms. The molecule has 20 heavy (non-hydrogen) atoms. The van der Waals surface area contributed by atoms with Gasteiger partial charge >= 0.3 is 12.3 Å². The highest BCUT2D eigenvalue weighted by molar-refractivity contribution is 5.68. The lowest BCUT2D eigenvalue weighted by Crippen LogP contribution is -2.42. The van der Waals surface area contributed by atoms with Gasteiger partial charge in [0.15, 0.2) is 5.82 Å². The molecule has 1 aliphatic heterocycles. The van der Waals surface area contributed by atoms with E-state index >= 15 is 0 Å². The second-order valence-corrected chi connectivity index (χ2v) is 5.49. The molecule has 0 N–H and O–H groups in total. The zero-order chi connectivity index (χ0) is 15.1. The Labute approximate surface area is 113 Å². The number of hydrogen-bond donors (Lipinski definition) is 0.